The summed E-state index contributed by atoms with van der Waals surface area (Å²) in [6.45, 7) is 8.29. The van der Waals surface area contributed by atoms with Crippen molar-refractivity contribution >= 4 is 0 Å². The third kappa shape index (κ3) is 1.73. The van der Waals surface area contributed by atoms with Crippen LogP contribution in [0.3, 0.4) is 0 Å². The molecule has 0 aromatic carbocycles. The molecular formula is C10H16. The first kappa shape index (κ1) is 7.59. The summed E-state index contributed by atoms with van der Waals surface area (Å²) >= 11 is 0. The molecule has 56 valence electrons. The molecule has 0 amide bonds. The van der Waals surface area contributed by atoms with Crippen LogP contribution < -0.4 is 0 Å². The van der Waals surface area contributed by atoms with Crippen molar-refractivity contribution in [3.05, 3.63) is 24.8 Å². The maximum atomic E-state index is 3.63. The Hall–Kier alpha value is -0.520. The van der Waals surface area contributed by atoms with E-state index in [4.69, 9.17) is 0 Å². The molecule has 0 heteroatoms. The SMILES string of the molecule is C=C/C=C/CC1CC1(C)C. The van der Waals surface area contributed by atoms with E-state index >= 15 is 0 Å². The van der Waals surface area contributed by atoms with Gasteiger partial charge in [-0.2, -0.15) is 0 Å². The van der Waals surface area contributed by atoms with Gasteiger partial charge in [-0.05, 0) is 24.2 Å². The van der Waals surface area contributed by atoms with Crippen LogP contribution in [-0.4, -0.2) is 0 Å². The third-order valence-electron chi connectivity index (χ3n) is 2.41. The predicted molar refractivity (Wildman–Crippen MR) is 45.8 cm³/mol. The van der Waals surface area contributed by atoms with Crippen LogP contribution in [0.5, 0.6) is 0 Å². The highest BCUT2D eigenvalue weighted by Crippen LogP contribution is 2.53. The molecule has 0 radical (unpaired) electrons. The second-order valence-electron chi connectivity index (χ2n) is 3.79. The highest BCUT2D eigenvalue weighted by molar-refractivity contribution is 5.03. The fourth-order valence-corrected chi connectivity index (χ4v) is 1.32. The molecule has 0 aromatic heterocycles. The number of rotatable bonds is 3. The lowest BCUT2D eigenvalue weighted by Crippen LogP contribution is -1.87. The van der Waals surface area contributed by atoms with Gasteiger partial charge in [0.15, 0.2) is 0 Å². The van der Waals surface area contributed by atoms with Crippen molar-refractivity contribution in [3.8, 4) is 0 Å². The normalized spacial score (nSPS) is 28.8. The van der Waals surface area contributed by atoms with Gasteiger partial charge >= 0.3 is 0 Å². The van der Waals surface area contributed by atoms with Gasteiger partial charge in [-0.15, -0.1) is 0 Å². The van der Waals surface area contributed by atoms with Gasteiger partial charge in [0.1, 0.15) is 0 Å². The first-order valence-corrected chi connectivity index (χ1v) is 3.94. The molecule has 1 rings (SSSR count). The molecule has 1 aliphatic rings. The van der Waals surface area contributed by atoms with E-state index in [1.807, 2.05) is 12.2 Å². The van der Waals surface area contributed by atoms with Crippen molar-refractivity contribution in [1.29, 1.82) is 0 Å². The number of hydrogen-bond donors (Lipinski definition) is 0. The fourth-order valence-electron chi connectivity index (χ4n) is 1.32. The van der Waals surface area contributed by atoms with Gasteiger partial charge in [-0.3, -0.25) is 0 Å². The van der Waals surface area contributed by atoms with E-state index in [1.54, 1.807) is 0 Å². The minimum Gasteiger partial charge on any atom is -0.0991 e. The molecule has 0 spiro atoms. The van der Waals surface area contributed by atoms with E-state index in [2.05, 4.69) is 26.5 Å². The lowest BCUT2D eigenvalue weighted by molar-refractivity contribution is 0.563. The van der Waals surface area contributed by atoms with Gasteiger partial charge in [0.2, 0.25) is 0 Å². The Morgan fingerprint density at radius 3 is 2.60 bits per heavy atom. The molecule has 0 bridgehead atoms. The molecule has 0 saturated heterocycles. The van der Waals surface area contributed by atoms with E-state index in [1.165, 1.54) is 12.8 Å². The Bertz CT molecular complexity index is 151. The van der Waals surface area contributed by atoms with E-state index in [9.17, 15) is 0 Å². The average molecular weight is 136 g/mol. The third-order valence-corrected chi connectivity index (χ3v) is 2.41. The molecule has 1 atom stereocenters. The van der Waals surface area contributed by atoms with Crippen LogP contribution in [0, 0.1) is 11.3 Å². The number of allylic oxidation sites excluding steroid dienone is 3. The maximum Gasteiger partial charge on any atom is -0.0314 e. The number of hydrogen-bond acceptors (Lipinski definition) is 0. The summed E-state index contributed by atoms with van der Waals surface area (Å²) < 4.78 is 0. The van der Waals surface area contributed by atoms with Crippen molar-refractivity contribution in [2.24, 2.45) is 11.3 Å². The second kappa shape index (κ2) is 2.61. The van der Waals surface area contributed by atoms with Crippen molar-refractivity contribution in [2.75, 3.05) is 0 Å². The van der Waals surface area contributed by atoms with Crippen LogP contribution in [0.25, 0.3) is 0 Å². The van der Waals surface area contributed by atoms with Crippen molar-refractivity contribution in [1.82, 2.24) is 0 Å². The summed E-state index contributed by atoms with van der Waals surface area (Å²) in [5.41, 5.74) is 0.630. The van der Waals surface area contributed by atoms with Crippen LogP contribution in [0.2, 0.25) is 0 Å². The van der Waals surface area contributed by atoms with Crippen LogP contribution in [-0.2, 0) is 0 Å². The minimum absolute atomic E-state index is 0.630. The van der Waals surface area contributed by atoms with Gasteiger partial charge < -0.3 is 0 Å². The van der Waals surface area contributed by atoms with Gasteiger partial charge in [0.05, 0.1) is 0 Å². The molecule has 10 heavy (non-hydrogen) atoms. The topological polar surface area (TPSA) is 0 Å². The monoisotopic (exact) mass is 136 g/mol. The molecule has 0 heterocycles. The summed E-state index contributed by atoms with van der Waals surface area (Å²) in [7, 11) is 0. The zero-order valence-electron chi connectivity index (χ0n) is 6.93. The predicted octanol–water partition coefficient (Wildman–Crippen LogP) is 3.16. The molecule has 0 nitrogen and oxygen atoms in total. The van der Waals surface area contributed by atoms with Crippen LogP contribution in [0.4, 0.5) is 0 Å². The zero-order chi connectivity index (χ0) is 7.61. The fraction of sp³-hybridized carbons (Fsp3) is 0.600. The molecule has 1 unspecified atom stereocenters. The van der Waals surface area contributed by atoms with E-state index in [0.717, 1.165) is 5.92 Å². The lowest BCUT2D eigenvalue weighted by atomic mass is 10.1. The van der Waals surface area contributed by atoms with Gasteiger partial charge in [0, 0.05) is 0 Å². The summed E-state index contributed by atoms with van der Waals surface area (Å²) in [5, 5.41) is 0. The molecule has 1 fully saturated rings. The molecule has 1 saturated carbocycles. The Balaban J connectivity index is 2.18. The standard InChI is InChI=1S/C10H16/c1-4-5-6-7-9-8-10(9,2)3/h4-6,9H,1,7-8H2,2-3H3/b6-5+. The van der Waals surface area contributed by atoms with Crippen molar-refractivity contribution < 1.29 is 0 Å². The second-order valence-corrected chi connectivity index (χ2v) is 3.79. The first-order valence-electron chi connectivity index (χ1n) is 3.94. The van der Waals surface area contributed by atoms with Gasteiger partial charge in [-0.25, -0.2) is 0 Å². The van der Waals surface area contributed by atoms with E-state index < -0.39 is 0 Å². The Morgan fingerprint density at radius 1 is 1.60 bits per heavy atom. The lowest BCUT2D eigenvalue weighted by Gasteiger charge is -1.97. The molecule has 0 aliphatic heterocycles. The quantitative estimate of drug-likeness (QED) is 0.523. The summed E-state index contributed by atoms with van der Waals surface area (Å²) in [6.07, 6.45) is 8.73. The first-order chi connectivity index (χ1) is 4.67. The molecular weight excluding hydrogens is 120 g/mol. The van der Waals surface area contributed by atoms with Crippen molar-refractivity contribution in [3.63, 3.8) is 0 Å². The van der Waals surface area contributed by atoms with Crippen LogP contribution in [0.15, 0.2) is 24.8 Å². The van der Waals surface area contributed by atoms with Crippen molar-refractivity contribution in [2.45, 2.75) is 26.7 Å². The minimum atomic E-state index is 0.630. The highest BCUT2D eigenvalue weighted by Gasteiger charge is 2.43. The smallest absolute Gasteiger partial charge is 0.0314 e. The van der Waals surface area contributed by atoms with Crippen LogP contribution >= 0.6 is 0 Å². The molecule has 1 aliphatic carbocycles. The zero-order valence-corrected chi connectivity index (χ0v) is 6.93. The molecule has 0 aromatic rings. The average Bonchev–Trinajstić information content (AvgIpc) is 2.41. The maximum absolute atomic E-state index is 3.63. The van der Waals surface area contributed by atoms with E-state index in [-0.39, 0.29) is 0 Å². The van der Waals surface area contributed by atoms with Gasteiger partial charge in [0.25, 0.3) is 0 Å². The largest absolute Gasteiger partial charge is 0.0991 e. The Labute approximate surface area is 63.6 Å². The van der Waals surface area contributed by atoms with E-state index in [0.29, 0.717) is 5.41 Å². The summed E-state index contributed by atoms with van der Waals surface area (Å²) in [4.78, 5) is 0. The Morgan fingerprint density at radius 2 is 2.20 bits per heavy atom. The summed E-state index contributed by atoms with van der Waals surface area (Å²) in [6, 6.07) is 0. The van der Waals surface area contributed by atoms with Gasteiger partial charge in [-0.1, -0.05) is 38.7 Å². The Kier molecular flexibility index (Phi) is 1.98. The molecule has 0 N–H and O–H groups in total. The summed E-state index contributed by atoms with van der Waals surface area (Å²) in [5.74, 6) is 0.934. The highest BCUT2D eigenvalue weighted by atomic mass is 14.5. The van der Waals surface area contributed by atoms with Crippen LogP contribution in [0.1, 0.15) is 26.7 Å².